The Morgan fingerprint density at radius 1 is 0.960 bits per heavy atom. The van der Waals surface area contributed by atoms with Crippen LogP contribution in [-0.4, -0.2) is 14.2 Å². The van der Waals surface area contributed by atoms with Crippen molar-refractivity contribution in [3.8, 4) is 11.5 Å². The van der Waals surface area contributed by atoms with Gasteiger partial charge in [-0.05, 0) is 60.6 Å². The van der Waals surface area contributed by atoms with E-state index in [1.165, 1.54) is 27.9 Å². The molecule has 0 saturated carbocycles. The quantitative estimate of drug-likeness (QED) is 0.787. The van der Waals surface area contributed by atoms with Gasteiger partial charge in [-0.1, -0.05) is 30.4 Å². The molecule has 0 fully saturated rings. The van der Waals surface area contributed by atoms with E-state index < -0.39 is 0 Å². The van der Waals surface area contributed by atoms with E-state index >= 15 is 0 Å². The lowest BCUT2D eigenvalue weighted by atomic mass is 9.75. The number of fused-ring (bicyclic) bond motifs is 3. The number of aryl methyl sites for hydroxylation is 2. The van der Waals surface area contributed by atoms with Crippen LogP contribution in [-0.2, 0) is 0 Å². The lowest BCUT2D eigenvalue weighted by Crippen LogP contribution is -2.30. The molecule has 0 bridgehead atoms. The molecule has 3 nitrogen and oxygen atoms in total. The molecule has 4 rings (SSSR count). The van der Waals surface area contributed by atoms with Gasteiger partial charge in [-0.3, -0.25) is 0 Å². The summed E-state index contributed by atoms with van der Waals surface area (Å²) in [5.41, 5.74) is 6.70. The first-order valence-electron chi connectivity index (χ1n) is 8.89. The zero-order valence-electron chi connectivity index (χ0n) is 15.3. The van der Waals surface area contributed by atoms with Crippen molar-refractivity contribution in [2.45, 2.75) is 32.2 Å². The van der Waals surface area contributed by atoms with Crippen molar-refractivity contribution in [3.05, 3.63) is 64.7 Å². The summed E-state index contributed by atoms with van der Waals surface area (Å²) >= 11 is 0. The third kappa shape index (κ3) is 2.50. The molecule has 2 aliphatic rings. The van der Waals surface area contributed by atoms with Crippen LogP contribution in [0.1, 0.15) is 40.6 Å². The third-order valence-corrected chi connectivity index (χ3v) is 5.71. The molecule has 0 spiro atoms. The zero-order valence-corrected chi connectivity index (χ0v) is 15.3. The Bertz CT molecular complexity index is 840. The predicted octanol–water partition coefficient (Wildman–Crippen LogP) is 5.15. The van der Waals surface area contributed by atoms with Gasteiger partial charge < -0.3 is 14.8 Å². The first kappa shape index (κ1) is 16.1. The lowest BCUT2D eigenvalue weighted by molar-refractivity contribution is 0.352. The van der Waals surface area contributed by atoms with Crippen molar-refractivity contribution in [3.63, 3.8) is 0 Å². The van der Waals surface area contributed by atoms with Crippen LogP contribution in [0.25, 0.3) is 0 Å². The maximum absolute atomic E-state index is 5.52. The normalized spacial score (nSPS) is 23.6. The smallest absolute Gasteiger partial charge is 0.161 e. The van der Waals surface area contributed by atoms with Crippen molar-refractivity contribution in [1.82, 2.24) is 0 Å². The minimum absolute atomic E-state index is 0.271. The molecule has 1 heterocycles. The van der Waals surface area contributed by atoms with Crippen molar-refractivity contribution in [1.29, 1.82) is 0 Å². The molecule has 130 valence electrons. The Morgan fingerprint density at radius 3 is 2.48 bits per heavy atom. The Balaban J connectivity index is 1.81. The molecule has 25 heavy (non-hydrogen) atoms. The maximum atomic E-state index is 5.52. The second-order valence-corrected chi connectivity index (χ2v) is 7.08. The molecule has 1 aliphatic carbocycles. The average molecular weight is 335 g/mol. The van der Waals surface area contributed by atoms with Crippen molar-refractivity contribution >= 4 is 5.69 Å². The molecular weight excluding hydrogens is 310 g/mol. The fourth-order valence-corrected chi connectivity index (χ4v) is 4.42. The average Bonchev–Trinajstić information content (AvgIpc) is 3.13. The van der Waals surface area contributed by atoms with Crippen LogP contribution in [0, 0.1) is 19.8 Å². The molecule has 1 N–H and O–H groups in total. The molecule has 3 heteroatoms. The van der Waals surface area contributed by atoms with Crippen LogP contribution < -0.4 is 14.8 Å². The molecule has 3 atom stereocenters. The molecule has 0 amide bonds. The van der Waals surface area contributed by atoms with E-state index in [1.807, 2.05) is 6.07 Å². The summed E-state index contributed by atoms with van der Waals surface area (Å²) in [5, 5.41) is 3.85. The van der Waals surface area contributed by atoms with Gasteiger partial charge in [0.05, 0.1) is 20.3 Å². The summed E-state index contributed by atoms with van der Waals surface area (Å²) in [4.78, 5) is 0. The second-order valence-electron chi connectivity index (χ2n) is 7.08. The molecular formula is C22H25NO2. The number of methoxy groups -OCH3 is 2. The fourth-order valence-electron chi connectivity index (χ4n) is 4.42. The SMILES string of the molecule is COc1ccc(C2Nc3c(C)ccc(C)c3C3C=CCC32)cc1OC. The monoisotopic (exact) mass is 335 g/mol. The van der Waals surface area contributed by atoms with Gasteiger partial charge in [0.1, 0.15) is 0 Å². The summed E-state index contributed by atoms with van der Waals surface area (Å²) in [6.45, 7) is 4.41. The minimum Gasteiger partial charge on any atom is -0.493 e. The Kier molecular flexibility index (Phi) is 3.95. The molecule has 0 aromatic heterocycles. The highest BCUT2D eigenvalue weighted by Gasteiger charge is 2.39. The number of rotatable bonds is 3. The number of hydrogen-bond acceptors (Lipinski definition) is 3. The van der Waals surface area contributed by atoms with Crippen LogP contribution in [0.4, 0.5) is 5.69 Å². The van der Waals surface area contributed by atoms with E-state index in [9.17, 15) is 0 Å². The van der Waals surface area contributed by atoms with Gasteiger partial charge in [-0.25, -0.2) is 0 Å². The van der Waals surface area contributed by atoms with Crippen LogP contribution >= 0.6 is 0 Å². The van der Waals surface area contributed by atoms with Crippen LogP contribution in [0.15, 0.2) is 42.5 Å². The number of hydrogen-bond donors (Lipinski definition) is 1. The zero-order chi connectivity index (χ0) is 17.6. The number of allylic oxidation sites excluding steroid dienone is 2. The highest BCUT2D eigenvalue weighted by Crippen LogP contribution is 2.52. The minimum atomic E-state index is 0.271. The van der Waals surface area contributed by atoms with Gasteiger partial charge in [-0.2, -0.15) is 0 Å². The first-order chi connectivity index (χ1) is 12.1. The Morgan fingerprint density at radius 2 is 1.72 bits per heavy atom. The van der Waals surface area contributed by atoms with E-state index in [-0.39, 0.29) is 6.04 Å². The summed E-state index contributed by atoms with van der Waals surface area (Å²) in [7, 11) is 3.37. The van der Waals surface area contributed by atoms with Crippen molar-refractivity contribution < 1.29 is 9.47 Å². The van der Waals surface area contributed by atoms with Gasteiger partial charge in [-0.15, -0.1) is 0 Å². The van der Waals surface area contributed by atoms with E-state index in [2.05, 4.69) is 55.6 Å². The van der Waals surface area contributed by atoms with Gasteiger partial charge in [0.2, 0.25) is 0 Å². The molecule has 2 aromatic carbocycles. The number of benzene rings is 2. The van der Waals surface area contributed by atoms with Crippen molar-refractivity contribution in [2.75, 3.05) is 19.5 Å². The standard InChI is InChI=1S/C22H25NO2/c1-13-8-9-14(2)21-20(13)16-6-5-7-17(16)22(23-21)15-10-11-18(24-3)19(12-15)25-4/h5-6,8-12,16-17,22-23H,7H2,1-4H3. The largest absolute Gasteiger partial charge is 0.493 e. The summed E-state index contributed by atoms with van der Waals surface area (Å²) in [6.07, 6.45) is 5.83. The first-order valence-corrected chi connectivity index (χ1v) is 8.89. The molecule has 2 aromatic rings. The van der Waals surface area contributed by atoms with E-state index in [4.69, 9.17) is 9.47 Å². The Hall–Kier alpha value is -2.42. The summed E-state index contributed by atoms with van der Waals surface area (Å²) in [5.74, 6) is 2.58. The van der Waals surface area contributed by atoms with E-state index in [0.717, 1.165) is 17.9 Å². The topological polar surface area (TPSA) is 30.5 Å². The molecule has 0 radical (unpaired) electrons. The van der Waals surface area contributed by atoms with Gasteiger partial charge >= 0.3 is 0 Å². The highest BCUT2D eigenvalue weighted by molar-refractivity contribution is 5.66. The number of ether oxygens (including phenoxy) is 2. The third-order valence-electron chi connectivity index (χ3n) is 5.71. The van der Waals surface area contributed by atoms with Crippen LogP contribution in [0.3, 0.4) is 0 Å². The highest BCUT2D eigenvalue weighted by atomic mass is 16.5. The summed E-state index contributed by atoms with van der Waals surface area (Å²) in [6, 6.07) is 11.0. The second kappa shape index (κ2) is 6.14. The number of nitrogens with one attached hydrogen (secondary N) is 1. The number of anilines is 1. The van der Waals surface area contributed by atoms with Crippen LogP contribution in [0.2, 0.25) is 0 Å². The Labute approximate surface area is 149 Å². The van der Waals surface area contributed by atoms with Gasteiger partial charge in [0.25, 0.3) is 0 Å². The predicted molar refractivity (Wildman–Crippen MR) is 102 cm³/mol. The molecule has 1 aliphatic heterocycles. The summed E-state index contributed by atoms with van der Waals surface area (Å²) < 4.78 is 10.9. The van der Waals surface area contributed by atoms with E-state index in [1.54, 1.807) is 14.2 Å². The maximum Gasteiger partial charge on any atom is 0.161 e. The molecule has 0 saturated heterocycles. The van der Waals surface area contributed by atoms with Crippen LogP contribution in [0.5, 0.6) is 11.5 Å². The lowest BCUT2D eigenvalue weighted by Gasteiger charge is -2.39. The molecule has 3 unspecified atom stereocenters. The fraction of sp³-hybridized carbons (Fsp3) is 0.364. The van der Waals surface area contributed by atoms with Crippen molar-refractivity contribution in [2.24, 2.45) is 5.92 Å². The van der Waals surface area contributed by atoms with Gasteiger partial charge in [0, 0.05) is 11.6 Å². The van der Waals surface area contributed by atoms with E-state index in [0.29, 0.717) is 11.8 Å². The van der Waals surface area contributed by atoms with Gasteiger partial charge in [0.15, 0.2) is 11.5 Å².